The van der Waals surface area contributed by atoms with Gasteiger partial charge in [-0.15, -0.1) is 0 Å². The minimum atomic E-state index is 0.527. The van der Waals surface area contributed by atoms with E-state index in [-0.39, 0.29) is 0 Å². The highest BCUT2D eigenvalue weighted by molar-refractivity contribution is 5.36. The third-order valence-electron chi connectivity index (χ3n) is 3.32. The molecule has 1 saturated heterocycles. The zero-order valence-corrected chi connectivity index (χ0v) is 10.7. The molecule has 0 spiro atoms. The standard InChI is InChI=1S/C14H22N2O2/c15-4-6-18-14-2-1-12(13(8-14)9-16)7-11-3-5-17-10-11/h1-2,8,11H,3-7,9-10,15-16H2. The zero-order valence-electron chi connectivity index (χ0n) is 10.7. The first-order valence-corrected chi connectivity index (χ1v) is 6.56. The topological polar surface area (TPSA) is 70.5 Å². The molecule has 2 rings (SSSR count). The van der Waals surface area contributed by atoms with E-state index in [1.165, 1.54) is 5.56 Å². The maximum atomic E-state index is 5.81. The van der Waals surface area contributed by atoms with Gasteiger partial charge in [-0.3, -0.25) is 0 Å². The van der Waals surface area contributed by atoms with E-state index in [9.17, 15) is 0 Å². The van der Waals surface area contributed by atoms with E-state index in [2.05, 4.69) is 6.07 Å². The van der Waals surface area contributed by atoms with Crippen LogP contribution >= 0.6 is 0 Å². The van der Waals surface area contributed by atoms with Crippen molar-refractivity contribution in [3.63, 3.8) is 0 Å². The van der Waals surface area contributed by atoms with Crippen LogP contribution in [-0.2, 0) is 17.7 Å². The van der Waals surface area contributed by atoms with E-state index in [1.54, 1.807) is 0 Å². The summed E-state index contributed by atoms with van der Waals surface area (Å²) < 4.78 is 10.9. The smallest absolute Gasteiger partial charge is 0.119 e. The van der Waals surface area contributed by atoms with Gasteiger partial charge in [0.2, 0.25) is 0 Å². The lowest BCUT2D eigenvalue weighted by Crippen LogP contribution is -2.12. The van der Waals surface area contributed by atoms with Crippen molar-refractivity contribution >= 4 is 0 Å². The van der Waals surface area contributed by atoms with Crippen LogP contribution in [0.25, 0.3) is 0 Å². The van der Waals surface area contributed by atoms with E-state index in [0.29, 0.717) is 25.6 Å². The van der Waals surface area contributed by atoms with E-state index in [4.69, 9.17) is 20.9 Å². The molecule has 0 aliphatic carbocycles. The maximum absolute atomic E-state index is 5.81. The number of rotatable bonds is 6. The summed E-state index contributed by atoms with van der Waals surface area (Å²) >= 11 is 0. The highest BCUT2D eigenvalue weighted by atomic mass is 16.5. The Labute approximate surface area is 108 Å². The molecule has 4 heteroatoms. The highest BCUT2D eigenvalue weighted by Crippen LogP contribution is 2.23. The highest BCUT2D eigenvalue weighted by Gasteiger charge is 2.17. The summed E-state index contributed by atoms with van der Waals surface area (Å²) in [5, 5.41) is 0. The van der Waals surface area contributed by atoms with Crippen molar-refractivity contribution in [2.45, 2.75) is 19.4 Å². The van der Waals surface area contributed by atoms with E-state index in [1.807, 2.05) is 12.1 Å². The Morgan fingerprint density at radius 2 is 2.17 bits per heavy atom. The molecule has 4 N–H and O–H groups in total. The second-order valence-corrected chi connectivity index (χ2v) is 4.71. The quantitative estimate of drug-likeness (QED) is 0.792. The van der Waals surface area contributed by atoms with Gasteiger partial charge in [0.1, 0.15) is 12.4 Å². The molecule has 0 amide bonds. The maximum Gasteiger partial charge on any atom is 0.119 e. The molecule has 0 radical (unpaired) electrons. The van der Waals surface area contributed by atoms with E-state index >= 15 is 0 Å². The Morgan fingerprint density at radius 1 is 1.28 bits per heavy atom. The van der Waals surface area contributed by atoms with Crippen LogP contribution < -0.4 is 16.2 Å². The van der Waals surface area contributed by atoms with Crippen LogP contribution in [0.5, 0.6) is 5.75 Å². The van der Waals surface area contributed by atoms with Crippen molar-refractivity contribution in [1.82, 2.24) is 0 Å². The monoisotopic (exact) mass is 250 g/mol. The van der Waals surface area contributed by atoms with Gasteiger partial charge in [-0.1, -0.05) is 6.07 Å². The molecule has 1 atom stereocenters. The van der Waals surface area contributed by atoms with E-state index in [0.717, 1.165) is 37.4 Å². The molecule has 100 valence electrons. The van der Waals surface area contributed by atoms with Crippen molar-refractivity contribution < 1.29 is 9.47 Å². The zero-order chi connectivity index (χ0) is 12.8. The predicted molar refractivity (Wildman–Crippen MR) is 71.5 cm³/mol. The minimum Gasteiger partial charge on any atom is -0.492 e. The van der Waals surface area contributed by atoms with Crippen LogP contribution in [0.2, 0.25) is 0 Å². The fraction of sp³-hybridized carbons (Fsp3) is 0.571. The molecular formula is C14H22N2O2. The Morgan fingerprint density at radius 3 is 2.83 bits per heavy atom. The second-order valence-electron chi connectivity index (χ2n) is 4.71. The third-order valence-corrected chi connectivity index (χ3v) is 3.32. The molecule has 1 aliphatic heterocycles. The van der Waals surface area contributed by atoms with Crippen LogP contribution in [-0.4, -0.2) is 26.4 Å². The molecule has 1 unspecified atom stereocenters. The summed E-state index contributed by atoms with van der Waals surface area (Å²) in [6.07, 6.45) is 2.19. The van der Waals surface area contributed by atoms with Crippen LogP contribution in [0, 0.1) is 5.92 Å². The molecule has 0 bridgehead atoms. The Balaban J connectivity index is 2.04. The number of hydrogen-bond donors (Lipinski definition) is 2. The van der Waals surface area contributed by atoms with Gasteiger partial charge in [-0.25, -0.2) is 0 Å². The number of benzene rings is 1. The fourth-order valence-corrected chi connectivity index (χ4v) is 2.31. The molecule has 4 nitrogen and oxygen atoms in total. The molecule has 1 aliphatic rings. The molecule has 1 fully saturated rings. The van der Waals surface area contributed by atoms with Crippen LogP contribution in [0.3, 0.4) is 0 Å². The minimum absolute atomic E-state index is 0.527. The van der Waals surface area contributed by atoms with Crippen molar-refractivity contribution in [1.29, 1.82) is 0 Å². The van der Waals surface area contributed by atoms with Gasteiger partial charge < -0.3 is 20.9 Å². The largest absolute Gasteiger partial charge is 0.492 e. The summed E-state index contributed by atoms with van der Waals surface area (Å²) in [5.41, 5.74) is 13.7. The van der Waals surface area contributed by atoms with Crippen LogP contribution in [0.1, 0.15) is 17.5 Å². The first-order valence-electron chi connectivity index (χ1n) is 6.56. The lowest BCUT2D eigenvalue weighted by molar-refractivity contribution is 0.186. The van der Waals surface area contributed by atoms with E-state index < -0.39 is 0 Å². The van der Waals surface area contributed by atoms with Crippen LogP contribution in [0.15, 0.2) is 18.2 Å². The van der Waals surface area contributed by atoms with Crippen molar-refractivity contribution in [3.8, 4) is 5.75 Å². The summed E-state index contributed by atoms with van der Waals surface area (Å²) in [5.74, 6) is 1.48. The van der Waals surface area contributed by atoms with Gasteiger partial charge >= 0.3 is 0 Å². The lowest BCUT2D eigenvalue weighted by Gasteiger charge is -2.13. The molecular weight excluding hydrogens is 228 g/mol. The van der Waals surface area contributed by atoms with Crippen molar-refractivity contribution in [3.05, 3.63) is 29.3 Å². The summed E-state index contributed by atoms with van der Waals surface area (Å²) in [6.45, 7) is 3.37. The van der Waals surface area contributed by atoms with Gasteiger partial charge in [0.25, 0.3) is 0 Å². The SMILES string of the molecule is NCCOc1ccc(CC2CCOC2)c(CN)c1. The van der Waals surface area contributed by atoms with Gasteiger partial charge in [0, 0.05) is 26.3 Å². The number of nitrogens with two attached hydrogens (primary N) is 2. The predicted octanol–water partition coefficient (Wildman–Crippen LogP) is 1.06. The summed E-state index contributed by atoms with van der Waals surface area (Å²) in [7, 11) is 0. The summed E-state index contributed by atoms with van der Waals surface area (Å²) in [6, 6.07) is 6.15. The average molecular weight is 250 g/mol. The average Bonchev–Trinajstić information content (AvgIpc) is 2.90. The summed E-state index contributed by atoms with van der Waals surface area (Å²) in [4.78, 5) is 0. The van der Waals surface area contributed by atoms with Gasteiger partial charge in [-0.2, -0.15) is 0 Å². The normalized spacial score (nSPS) is 19.1. The third kappa shape index (κ3) is 3.45. The van der Waals surface area contributed by atoms with Crippen molar-refractivity contribution in [2.75, 3.05) is 26.4 Å². The number of hydrogen-bond acceptors (Lipinski definition) is 4. The molecule has 1 aromatic rings. The molecule has 18 heavy (non-hydrogen) atoms. The van der Waals surface area contributed by atoms with Gasteiger partial charge in [-0.05, 0) is 42.0 Å². The molecule has 1 heterocycles. The van der Waals surface area contributed by atoms with Gasteiger partial charge in [0.15, 0.2) is 0 Å². The number of ether oxygens (including phenoxy) is 2. The van der Waals surface area contributed by atoms with Crippen molar-refractivity contribution in [2.24, 2.45) is 17.4 Å². The fourth-order valence-electron chi connectivity index (χ4n) is 2.31. The Bertz CT molecular complexity index is 376. The second kappa shape index (κ2) is 6.73. The first kappa shape index (κ1) is 13.3. The molecule has 0 aromatic heterocycles. The van der Waals surface area contributed by atoms with Crippen LogP contribution in [0.4, 0.5) is 0 Å². The Kier molecular flexibility index (Phi) is 4.99. The molecule has 1 aromatic carbocycles. The Hall–Kier alpha value is -1.10. The van der Waals surface area contributed by atoms with Gasteiger partial charge in [0.05, 0.1) is 0 Å². The lowest BCUT2D eigenvalue weighted by atomic mass is 9.95. The first-order chi connectivity index (χ1) is 8.83. The molecule has 0 saturated carbocycles.